The molecule has 4 rings (SSSR count). The molecule has 0 saturated carbocycles. The van der Waals surface area contributed by atoms with Gasteiger partial charge in [0.2, 0.25) is 5.91 Å². The number of aromatic nitrogens is 2. The van der Waals surface area contributed by atoms with E-state index in [2.05, 4.69) is 20.6 Å². The van der Waals surface area contributed by atoms with Crippen LogP contribution in [0, 0.1) is 0 Å². The molecule has 37 heavy (non-hydrogen) atoms. The van der Waals surface area contributed by atoms with Gasteiger partial charge in [0, 0.05) is 35.0 Å². The number of nitrogens with zero attached hydrogens (tertiary/aromatic N) is 2. The zero-order valence-corrected chi connectivity index (χ0v) is 20.5. The molecule has 2 aromatic carbocycles. The number of ether oxygens (including phenoxy) is 2. The third-order valence-electron chi connectivity index (χ3n) is 5.52. The van der Waals surface area contributed by atoms with Crippen molar-refractivity contribution in [2.24, 2.45) is 0 Å². The van der Waals surface area contributed by atoms with Crippen molar-refractivity contribution in [2.45, 2.75) is 18.6 Å². The van der Waals surface area contributed by atoms with Crippen molar-refractivity contribution in [1.82, 2.24) is 15.3 Å². The van der Waals surface area contributed by atoms with Crippen LogP contribution in [0.15, 0.2) is 48.8 Å². The van der Waals surface area contributed by atoms with Gasteiger partial charge < -0.3 is 20.1 Å². The van der Waals surface area contributed by atoms with Crippen molar-refractivity contribution in [1.29, 1.82) is 0 Å². The number of benzene rings is 2. The molecule has 1 aliphatic rings. The predicted octanol–water partition coefficient (Wildman–Crippen LogP) is 4.98. The van der Waals surface area contributed by atoms with Crippen molar-refractivity contribution in [3.05, 3.63) is 54.4 Å². The average molecular weight is 539 g/mol. The highest BCUT2D eigenvalue weighted by Gasteiger charge is 2.30. The number of rotatable bonds is 8. The molecular weight excluding hydrogens is 513 g/mol. The fraction of sp³-hybridized carbons (Fsp3) is 0.292. The maximum atomic E-state index is 12.6. The molecule has 1 aliphatic heterocycles. The molecule has 1 amide bonds. The van der Waals surface area contributed by atoms with Gasteiger partial charge >= 0.3 is 6.18 Å². The Morgan fingerprint density at radius 2 is 1.95 bits per heavy atom. The van der Waals surface area contributed by atoms with E-state index in [1.165, 1.54) is 31.6 Å². The average Bonchev–Trinajstić information content (AvgIpc) is 3.19. The first-order chi connectivity index (χ1) is 17.5. The number of alkyl halides is 3. The first kappa shape index (κ1) is 26.5. The van der Waals surface area contributed by atoms with Gasteiger partial charge in [0.25, 0.3) is 0 Å². The van der Waals surface area contributed by atoms with E-state index in [0.29, 0.717) is 34.6 Å². The molecule has 0 aliphatic carbocycles. The van der Waals surface area contributed by atoms with Gasteiger partial charge in [-0.2, -0.15) is 23.8 Å². The fourth-order valence-corrected chi connectivity index (χ4v) is 5.49. The second-order valence-electron chi connectivity index (χ2n) is 8.39. The Labute approximate surface area is 212 Å². The van der Waals surface area contributed by atoms with Crippen LogP contribution in [-0.4, -0.2) is 62.4 Å². The monoisotopic (exact) mass is 538 g/mol. The first-order valence-corrected chi connectivity index (χ1v) is 13.0. The lowest BCUT2D eigenvalue weighted by atomic mass is 10.1. The standard InChI is InChI=1S/C24H25F3N4O5S/c1-35-20-10-18-19(11-21(20)36-13-24(25,26)27)28-14-29-23(18)31-16-5-2-15(3-6-16)4-7-22(32)30-17-8-9-37(33,34)12-17/h2-7,10-11,14,17,33-34H,8-9,12-13H2,1H3,(H,30,32)(H,28,29,31)/b7-4+. The highest BCUT2D eigenvalue weighted by atomic mass is 32.3. The van der Waals surface area contributed by atoms with Crippen LogP contribution in [0.25, 0.3) is 17.0 Å². The number of amides is 1. The summed E-state index contributed by atoms with van der Waals surface area (Å²) < 4.78 is 67.1. The molecule has 198 valence electrons. The molecule has 1 saturated heterocycles. The lowest BCUT2D eigenvalue weighted by Gasteiger charge is -2.25. The number of halogens is 3. The Kier molecular flexibility index (Phi) is 7.76. The molecule has 13 heteroatoms. The molecule has 1 unspecified atom stereocenters. The Bertz CT molecular complexity index is 1300. The number of hydrogen-bond acceptors (Lipinski definition) is 8. The van der Waals surface area contributed by atoms with Crippen LogP contribution in [0.3, 0.4) is 0 Å². The number of anilines is 2. The summed E-state index contributed by atoms with van der Waals surface area (Å²) in [5.41, 5.74) is 1.80. The highest BCUT2D eigenvalue weighted by molar-refractivity contribution is 8.24. The van der Waals surface area contributed by atoms with Crippen molar-refractivity contribution in [3.8, 4) is 11.5 Å². The Balaban J connectivity index is 1.43. The van der Waals surface area contributed by atoms with Crippen molar-refractivity contribution in [2.75, 3.05) is 30.5 Å². The lowest BCUT2D eigenvalue weighted by Crippen LogP contribution is -2.33. The van der Waals surface area contributed by atoms with E-state index >= 15 is 0 Å². The number of methoxy groups -OCH3 is 1. The van der Waals surface area contributed by atoms with Gasteiger partial charge in [-0.15, -0.1) is 0 Å². The van der Waals surface area contributed by atoms with Crippen LogP contribution in [0.5, 0.6) is 11.5 Å². The van der Waals surface area contributed by atoms with Gasteiger partial charge in [0.15, 0.2) is 18.1 Å². The van der Waals surface area contributed by atoms with E-state index in [-0.39, 0.29) is 29.2 Å². The summed E-state index contributed by atoms with van der Waals surface area (Å²) in [6.07, 6.45) is 0.347. The quantitative estimate of drug-likeness (QED) is 0.296. The Morgan fingerprint density at radius 3 is 2.59 bits per heavy atom. The topological polar surface area (TPSA) is 126 Å². The third kappa shape index (κ3) is 7.24. The van der Waals surface area contributed by atoms with Gasteiger partial charge in [0.1, 0.15) is 12.1 Å². The molecule has 1 atom stereocenters. The summed E-state index contributed by atoms with van der Waals surface area (Å²) in [7, 11) is -1.25. The smallest absolute Gasteiger partial charge is 0.422 e. The largest absolute Gasteiger partial charge is 0.493 e. The lowest BCUT2D eigenvalue weighted by molar-refractivity contribution is -0.153. The zero-order valence-electron chi connectivity index (χ0n) is 19.7. The predicted molar refractivity (Wildman–Crippen MR) is 136 cm³/mol. The van der Waals surface area contributed by atoms with Gasteiger partial charge in [-0.1, -0.05) is 12.1 Å². The number of carbonyl (C=O) groups excluding carboxylic acids is 1. The first-order valence-electron chi connectivity index (χ1n) is 11.1. The molecular formula is C24H25F3N4O5S. The summed E-state index contributed by atoms with van der Waals surface area (Å²) in [6.45, 7) is -1.46. The van der Waals surface area contributed by atoms with Gasteiger partial charge in [-0.3, -0.25) is 13.9 Å². The number of carbonyl (C=O) groups is 1. The van der Waals surface area contributed by atoms with Crippen molar-refractivity contribution >= 4 is 45.0 Å². The molecule has 1 fully saturated rings. The summed E-state index contributed by atoms with van der Waals surface area (Å²) >= 11 is 0. The Hall–Kier alpha value is -3.55. The van der Waals surface area contributed by atoms with E-state index in [1.807, 2.05) is 0 Å². The highest BCUT2D eigenvalue weighted by Crippen LogP contribution is 2.45. The van der Waals surface area contributed by atoms with E-state index in [1.54, 1.807) is 30.3 Å². The van der Waals surface area contributed by atoms with Crippen LogP contribution in [0.2, 0.25) is 0 Å². The second kappa shape index (κ2) is 10.8. The summed E-state index contributed by atoms with van der Waals surface area (Å²) in [5, 5.41) is 6.43. The van der Waals surface area contributed by atoms with Crippen LogP contribution in [0.1, 0.15) is 12.0 Å². The zero-order chi connectivity index (χ0) is 26.6. The van der Waals surface area contributed by atoms with Gasteiger partial charge in [0.05, 0.1) is 18.4 Å². The minimum absolute atomic E-state index is 0.0848. The molecule has 9 nitrogen and oxygen atoms in total. The van der Waals surface area contributed by atoms with Crippen LogP contribution >= 0.6 is 10.6 Å². The van der Waals surface area contributed by atoms with E-state index in [9.17, 15) is 27.1 Å². The van der Waals surface area contributed by atoms with Gasteiger partial charge in [-0.25, -0.2) is 9.97 Å². The molecule has 0 bridgehead atoms. The van der Waals surface area contributed by atoms with Crippen LogP contribution in [0.4, 0.5) is 24.7 Å². The van der Waals surface area contributed by atoms with E-state index in [0.717, 1.165) is 5.56 Å². The number of hydrogen-bond donors (Lipinski definition) is 4. The summed E-state index contributed by atoms with van der Waals surface area (Å²) in [6, 6.07) is 9.73. The van der Waals surface area contributed by atoms with Crippen molar-refractivity contribution in [3.63, 3.8) is 0 Å². The molecule has 4 N–H and O–H groups in total. The van der Waals surface area contributed by atoms with E-state index < -0.39 is 23.4 Å². The maximum Gasteiger partial charge on any atom is 0.422 e. The molecule has 3 aromatic rings. The van der Waals surface area contributed by atoms with Crippen LogP contribution < -0.4 is 20.1 Å². The maximum absolute atomic E-state index is 12.6. The molecule has 0 spiro atoms. The molecule has 0 radical (unpaired) electrons. The molecule has 2 heterocycles. The third-order valence-corrected chi connectivity index (χ3v) is 7.35. The SMILES string of the molecule is COc1cc2c(Nc3ccc(/C=C/C(=O)NC4CCS(O)(O)C4)cc3)ncnc2cc1OCC(F)(F)F. The van der Waals surface area contributed by atoms with Gasteiger partial charge in [-0.05, 0) is 36.3 Å². The summed E-state index contributed by atoms with van der Waals surface area (Å²) in [4.78, 5) is 20.5. The molecule has 1 aromatic heterocycles. The number of nitrogens with one attached hydrogen (secondary N) is 2. The Morgan fingerprint density at radius 1 is 1.19 bits per heavy atom. The fourth-order valence-electron chi connectivity index (χ4n) is 3.76. The van der Waals surface area contributed by atoms with E-state index in [4.69, 9.17) is 9.47 Å². The number of fused-ring (bicyclic) bond motifs is 1. The summed E-state index contributed by atoms with van der Waals surface area (Å²) in [5.74, 6) is 0.602. The minimum Gasteiger partial charge on any atom is -0.493 e. The van der Waals surface area contributed by atoms with Crippen molar-refractivity contribution < 1.29 is 36.5 Å². The normalized spacial score (nSPS) is 18.1. The second-order valence-corrected chi connectivity index (χ2v) is 10.7. The minimum atomic E-state index is -4.49. The van der Waals surface area contributed by atoms with Crippen LogP contribution in [-0.2, 0) is 4.79 Å².